The third-order valence-electron chi connectivity index (χ3n) is 4.88. The van der Waals surface area contributed by atoms with Gasteiger partial charge in [0.1, 0.15) is 5.41 Å². The number of benzene rings is 1. The van der Waals surface area contributed by atoms with Gasteiger partial charge in [-0.3, -0.25) is 14.2 Å². The Kier molecular flexibility index (Phi) is 4.59. The van der Waals surface area contributed by atoms with E-state index in [2.05, 4.69) is 4.98 Å². The number of aryl methyl sites for hydroxylation is 1. The molecule has 0 amide bonds. The van der Waals surface area contributed by atoms with Gasteiger partial charge in [-0.15, -0.1) is 0 Å². The van der Waals surface area contributed by atoms with Gasteiger partial charge in [0.05, 0.1) is 0 Å². The number of carboxylic acids is 1. The van der Waals surface area contributed by atoms with Gasteiger partial charge in [0, 0.05) is 31.4 Å². The Balaban J connectivity index is 1.76. The van der Waals surface area contributed by atoms with E-state index >= 15 is 0 Å². The lowest BCUT2D eigenvalue weighted by Crippen LogP contribution is -2.41. The van der Waals surface area contributed by atoms with Crippen LogP contribution in [-0.4, -0.2) is 45.2 Å². The van der Waals surface area contributed by atoms with Crippen LogP contribution in [0.1, 0.15) is 17.7 Å². The van der Waals surface area contributed by atoms with E-state index in [0.717, 1.165) is 10.1 Å². The fourth-order valence-corrected chi connectivity index (χ4v) is 3.46. The molecule has 2 heterocycles. The van der Waals surface area contributed by atoms with Crippen molar-refractivity contribution in [3.8, 4) is 0 Å². The molecular weight excluding hydrogens is 322 g/mol. The van der Waals surface area contributed by atoms with Crippen LogP contribution < -0.4 is 11.2 Å². The molecule has 0 spiro atoms. The SMILES string of the molecule is Cc1cc(=O)n(CCN2CCC(C(=O)O)(c3ccccc3)C2)c(=O)[nH]1. The molecule has 132 valence electrons. The van der Waals surface area contributed by atoms with Gasteiger partial charge >= 0.3 is 11.7 Å². The smallest absolute Gasteiger partial charge is 0.328 e. The fraction of sp³-hybridized carbons (Fsp3) is 0.389. The average molecular weight is 343 g/mol. The lowest BCUT2D eigenvalue weighted by Gasteiger charge is -2.25. The third-order valence-corrected chi connectivity index (χ3v) is 4.88. The zero-order chi connectivity index (χ0) is 18.0. The topological polar surface area (TPSA) is 95.4 Å². The third kappa shape index (κ3) is 3.28. The summed E-state index contributed by atoms with van der Waals surface area (Å²) in [6.07, 6.45) is 0.505. The summed E-state index contributed by atoms with van der Waals surface area (Å²) in [5, 5.41) is 9.80. The van der Waals surface area contributed by atoms with Crippen LogP contribution >= 0.6 is 0 Å². The second-order valence-electron chi connectivity index (χ2n) is 6.53. The molecule has 25 heavy (non-hydrogen) atoms. The van der Waals surface area contributed by atoms with Crippen LogP contribution in [0.3, 0.4) is 0 Å². The number of aromatic amines is 1. The molecular formula is C18H21N3O4. The molecule has 1 aliphatic rings. The van der Waals surface area contributed by atoms with E-state index in [1.54, 1.807) is 6.92 Å². The highest BCUT2D eigenvalue weighted by Gasteiger charge is 2.46. The van der Waals surface area contributed by atoms with Gasteiger partial charge in [-0.05, 0) is 25.5 Å². The monoisotopic (exact) mass is 343 g/mol. The van der Waals surface area contributed by atoms with Crippen molar-refractivity contribution in [1.29, 1.82) is 0 Å². The summed E-state index contributed by atoms with van der Waals surface area (Å²) in [4.78, 5) is 40.4. The molecule has 1 aliphatic heterocycles. The fourth-order valence-electron chi connectivity index (χ4n) is 3.46. The van der Waals surface area contributed by atoms with Gasteiger partial charge in [-0.1, -0.05) is 30.3 Å². The highest BCUT2D eigenvalue weighted by Crippen LogP contribution is 2.34. The van der Waals surface area contributed by atoms with E-state index in [0.29, 0.717) is 31.7 Å². The Morgan fingerprint density at radius 2 is 1.96 bits per heavy atom. The minimum Gasteiger partial charge on any atom is -0.481 e. The molecule has 0 saturated carbocycles. The van der Waals surface area contributed by atoms with Crippen molar-refractivity contribution in [1.82, 2.24) is 14.5 Å². The summed E-state index contributed by atoms with van der Waals surface area (Å²) in [5.74, 6) is -0.841. The van der Waals surface area contributed by atoms with Gasteiger partial charge in [0.15, 0.2) is 0 Å². The number of hydrogen-bond donors (Lipinski definition) is 2. The van der Waals surface area contributed by atoms with Crippen LogP contribution in [0.2, 0.25) is 0 Å². The largest absolute Gasteiger partial charge is 0.481 e. The molecule has 1 atom stereocenters. The van der Waals surface area contributed by atoms with Crippen molar-refractivity contribution < 1.29 is 9.90 Å². The van der Waals surface area contributed by atoms with E-state index in [-0.39, 0.29) is 12.1 Å². The van der Waals surface area contributed by atoms with E-state index in [1.165, 1.54) is 6.07 Å². The minimum absolute atomic E-state index is 0.235. The number of rotatable bonds is 5. The van der Waals surface area contributed by atoms with Crippen molar-refractivity contribution in [2.24, 2.45) is 0 Å². The van der Waals surface area contributed by atoms with Gasteiger partial charge in [0.25, 0.3) is 5.56 Å². The van der Waals surface area contributed by atoms with E-state index in [4.69, 9.17) is 0 Å². The van der Waals surface area contributed by atoms with Crippen LogP contribution in [0, 0.1) is 6.92 Å². The molecule has 1 aromatic heterocycles. The van der Waals surface area contributed by atoms with Crippen LogP contribution in [0.5, 0.6) is 0 Å². The van der Waals surface area contributed by atoms with Gasteiger partial charge in [-0.2, -0.15) is 0 Å². The number of hydrogen-bond acceptors (Lipinski definition) is 4. The molecule has 1 unspecified atom stereocenters. The molecule has 3 rings (SSSR count). The molecule has 2 N–H and O–H groups in total. The Morgan fingerprint density at radius 3 is 2.60 bits per heavy atom. The summed E-state index contributed by atoms with van der Waals surface area (Å²) in [6.45, 7) is 3.33. The Morgan fingerprint density at radius 1 is 1.24 bits per heavy atom. The summed E-state index contributed by atoms with van der Waals surface area (Å²) >= 11 is 0. The quantitative estimate of drug-likeness (QED) is 0.828. The summed E-state index contributed by atoms with van der Waals surface area (Å²) in [7, 11) is 0. The number of nitrogens with one attached hydrogen (secondary N) is 1. The number of aromatic nitrogens is 2. The zero-order valence-electron chi connectivity index (χ0n) is 14.1. The highest BCUT2D eigenvalue weighted by atomic mass is 16.4. The first-order valence-electron chi connectivity index (χ1n) is 8.24. The normalized spacial score (nSPS) is 20.7. The number of carbonyl (C=O) groups is 1. The van der Waals surface area contributed by atoms with Crippen molar-refractivity contribution in [3.05, 3.63) is 68.5 Å². The highest BCUT2D eigenvalue weighted by molar-refractivity contribution is 5.82. The second-order valence-corrected chi connectivity index (χ2v) is 6.53. The molecule has 1 fully saturated rings. The zero-order valence-corrected chi connectivity index (χ0v) is 14.1. The number of carboxylic acid groups (broad SMARTS) is 1. The first kappa shape index (κ1) is 17.2. The maximum Gasteiger partial charge on any atom is 0.328 e. The van der Waals surface area contributed by atoms with Crippen molar-refractivity contribution >= 4 is 5.97 Å². The molecule has 1 aromatic carbocycles. The van der Waals surface area contributed by atoms with Crippen LogP contribution in [0.4, 0.5) is 0 Å². The number of likely N-dealkylation sites (tertiary alicyclic amines) is 1. The average Bonchev–Trinajstić information content (AvgIpc) is 3.00. The molecule has 2 aromatic rings. The Labute approximate surface area is 144 Å². The molecule has 0 bridgehead atoms. The Hall–Kier alpha value is -2.67. The van der Waals surface area contributed by atoms with Gasteiger partial charge in [0.2, 0.25) is 0 Å². The molecule has 0 aliphatic carbocycles. The molecule has 7 nitrogen and oxygen atoms in total. The minimum atomic E-state index is -0.939. The molecule has 1 saturated heterocycles. The summed E-state index contributed by atoms with van der Waals surface area (Å²) < 4.78 is 1.15. The van der Waals surface area contributed by atoms with E-state index < -0.39 is 17.1 Å². The number of aliphatic carboxylic acids is 1. The second kappa shape index (κ2) is 6.68. The van der Waals surface area contributed by atoms with E-state index in [9.17, 15) is 19.5 Å². The standard InChI is InChI=1S/C18H21N3O4/c1-13-11-15(22)21(17(25)19-13)10-9-20-8-7-18(12-20,16(23)24)14-5-3-2-4-6-14/h2-6,11H,7-10,12H2,1H3,(H,19,25)(H,23,24). The summed E-state index contributed by atoms with van der Waals surface area (Å²) in [5.41, 5.74) is -0.396. The molecule has 0 radical (unpaired) electrons. The maximum atomic E-state index is 12.0. The Bertz CT molecular complexity index is 856. The van der Waals surface area contributed by atoms with Crippen molar-refractivity contribution in [2.45, 2.75) is 25.3 Å². The van der Waals surface area contributed by atoms with E-state index in [1.807, 2.05) is 35.2 Å². The first-order valence-corrected chi connectivity index (χ1v) is 8.24. The number of H-pyrrole nitrogens is 1. The predicted octanol–water partition coefficient (Wildman–Crippen LogP) is 0.573. The van der Waals surface area contributed by atoms with Crippen molar-refractivity contribution in [2.75, 3.05) is 19.6 Å². The molecule has 7 heteroatoms. The maximum absolute atomic E-state index is 12.0. The predicted molar refractivity (Wildman–Crippen MR) is 92.9 cm³/mol. The number of nitrogens with zero attached hydrogens (tertiary/aromatic N) is 2. The van der Waals surface area contributed by atoms with Crippen LogP contribution in [0.15, 0.2) is 46.0 Å². The van der Waals surface area contributed by atoms with Crippen LogP contribution in [0.25, 0.3) is 0 Å². The van der Waals surface area contributed by atoms with Gasteiger partial charge < -0.3 is 15.0 Å². The van der Waals surface area contributed by atoms with Gasteiger partial charge in [-0.25, -0.2) is 4.79 Å². The van der Waals surface area contributed by atoms with Crippen LogP contribution in [-0.2, 0) is 16.8 Å². The first-order chi connectivity index (χ1) is 11.9. The lowest BCUT2D eigenvalue weighted by atomic mass is 9.80. The van der Waals surface area contributed by atoms with Crippen molar-refractivity contribution in [3.63, 3.8) is 0 Å². The summed E-state index contributed by atoms with van der Waals surface area (Å²) in [6, 6.07) is 10.6. The lowest BCUT2D eigenvalue weighted by molar-refractivity contribution is -0.143.